The highest BCUT2D eigenvalue weighted by Gasteiger charge is 2.27. The molecule has 2 aromatic heterocycles. The van der Waals surface area contributed by atoms with Crippen LogP contribution in [0.5, 0.6) is 0 Å². The van der Waals surface area contributed by atoms with E-state index in [2.05, 4.69) is 10.1 Å². The Balaban J connectivity index is 1.93. The summed E-state index contributed by atoms with van der Waals surface area (Å²) < 4.78 is 31.8. The van der Waals surface area contributed by atoms with Crippen LogP contribution in [-0.4, -0.2) is 24.3 Å². The average molecular weight is 385 g/mol. The summed E-state index contributed by atoms with van der Waals surface area (Å²) >= 11 is 0. The third-order valence-electron chi connectivity index (χ3n) is 5.38. The van der Waals surface area contributed by atoms with Crippen molar-refractivity contribution in [2.75, 3.05) is 11.5 Å². The molecule has 0 amide bonds. The number of hydrogen-bond acceptors (Lipinski definition) is 6. The van der Waals surface area contributed by atoms with Gasteiger partial charge in [-0.05, 0) is 62.4 Å². The van der Waals surface area contributed by atoms with E-state index in [4.69, 9.17) is 10.3 Å². The van der Waals surface area contributed by atoms with Crippen LogP contribution in [0.3, 0.4) is 0 Å². The van der Waals surface area contributed by atoms with E-state index in [1.165, 1.54) is 0 Å². The number of sulfone groups is 1. The van der Waals surface area contributed by atoms with E-state index < -0.39 is 9.84 Å². The Hall–Kier alpha value is -2.41. The molecule has 0 bridgehead atoms. The van der Waals surface area contributed by atoms with Gasteiger partial charge in [0.2, 0.25) is 0 Å². The quantitative estimate of drug-likeness (QED) is 0.727. The van der Waals surface area contributed by atoms with Crippen LogP contribution in [0.15, 0.2) is 33.7 Å². The van der Waals surface area contributed by atoms with Gasteiger partial charge >= 0.3 is 0 Å². The highest BCUT2D eigenvalue weighted by molar-refractivity contribution is 7.91. The molecule has 27 heavy (non-hydrogen) atoms. The Morgan fingerprint density at radius 3 is 2.59 bits per heavy atom. The fourth-order valence-electron chi connectivity index (χ4n) is 4.09. The molecule has 2 heterocycles. The van der Waals surface area contributed by atoms with Crippen molar-refractivity contribution in [3.63, 3.8) is 0 Å². The van der Waals surface area contributed by atoms with Gasteiger partial charge in [-0.1, -0.05) is 18.0 Å². The van der Waals surface area contributed by atoms with Gasteiger partial charge in [0.15, 0.2) is 9.84 Å². The molecule has 3 aromatic rings. The molecule has 7 heteroatoms. The minimum Gasteiger partial charge on any atom is -0.384 e. The van der Waals surface area contributed by atoms with Crippen molar-refractivity contribution < 1.29 is 12.9 Å². The van der Waals surface area contributed by atoms with Crippen molar-refractivity contribution in [1.82, 2.24) is 10.1 Å². The van der Waals surface area contributed by atoms with Crippen molar-refractivity contribution in [2.45, 2.75) is 44.4 Å². The first kappa shape index (κ1) is 18.0. The Morgan fingerprint density at radius 2 is 1.93 bits per heavy atom. The number of anilines is 1. The van der Waals surface area contributed by atoms with Gasteiger partial charge in [-0.3, -0.25) is 0 Å². The number of rotatable bonds is 4. The first-order valence-corrected chi connectivity index (χ1v) is 10.9. The van der Waals surface area contributed by atoms with Gasteiger partial charge in [-0.2, -0.15) is 0 Å². The van der Waals surface area contributed by atoms with Crippen LogP contribution < -0.4 is 5.73 Å². The van der Waals surface area contributed by atoms with Crippen LogP contribution >= 0.6 is 0 Å². The van der Waals surface area contributed by atoms with Gasteiger partial charge in [-0.25, -0.2) is 13.4 Å². The highest BCUT2D eigenvalue weighted by Crippen LogP contribution is 2.35. The third-order valence-corrected chi connectivity index (χ3v) is 7.30. The molecule has 0 spiro atoms. The number of benzene rings is 1. The Labute approximate surface area is 158 Å². The van der Waals surface area contributed by atoms with Gasteiger partial charge in [0, 0.05) is 10.9 Å². The molecular formula is C20H23N3O3S. The minimum atomic E-state index is -3.45. The van der Waals surface area contributed by atoms with Crippen LogP contribution in [0.4, 0.5) is 5.82 Å². The molecule has 1 aliphatic carbocycles. The van der Waals surface area contributed by atoms with E-state index in [1.54, 1.807) is 18.2 Å². The summed E-state index contributed by atoms with van der Waals surface area (Å²) in [5.41, 5.74) is 8.68. The van der Waals surface area contributed by atoms with Gasteiger partial charge in [0.25, 0.3) is 0 Å². The molecule has 1 aliphatic rings. The predicted octanol–water partition coefficient (Wildman–Crippen LogP) is 4.05. The summed E-state index contributed by atoms with van der Waals surface area (Å²) in [6.45, 7) is 3.66. The molecule has 2 N–H and O–H groups in total. The van der Waals surface area contributed by atoms with E-state index in [1.807, 2.05) is 19.9 Å². The van der Waals surface area contributed by atoms with Crippen LogP contribution in [0, 0.1) is 19.8 Å². The molecule has 0 atom stereocenters. The molecule has 0 unspecified atom stereocenters. The number of nitrogen functional groups attached to an aromatic ring is 1. The number of aryl methyl sites for hydroxylation is 2. The smallest absolute Gasteiger partial charge is 0.179 e. The van der Waals surface area contributed by atoms with Crippen LogP contribution in [0.25, 0.3) is 22.0 Å². The second-order valence-electron chi connectivity index (χ2n) is 7.41. The lowest BCUT2D eigenvalue weighted by Gasteiger charge is -2.14. The molecule has 142 valence electrons. The molecule has 0 saturated heterocycles. The van der Waals surface area contributed by atoms with Crippen LogP contribution in [0.2, 0.25) is 0 Å². The first-order valence-electron chi connectivity index (χ1n) is 9.21. The zero-order valence-electron chi connectivity index (χ0n) is 15.5. The van der Waals surface area contributed by atoms with Crippen molar-refractivity contribution in [2.24, 2.45) is 5.92 Å². The summed E-state index contributed by atoms with van der Waals surface area (Å²) in [7, 11) is -3.45. The molecule has 1 fully saturated rings. The fourth-order valence-corrected chi connectivity index (χ4v) is 6.04. The van der Waals surface area contributed by atoms with E-state index in [-0.39, 0.29) is 11.7 Å². The summed E-state index contributed by atoms with van der Waals surface area (Å²) in [5.74, 6) is 1.42. The van der Waals surface area contributed by atoms with Gasteiger partial charge in [0.05, 0.1) is 21.9 Å². The minimum absolute atomic E-state index is 0.178. The second-order valence-corrected chi connectivity index (χ2v) is 9.41. The van der Waals surface area contributed by atoms with Crippen molar-refractivity contribution in [3.8, 4) is 11.1 Å². The summed E-state index contributed by atoms with van der Waals surface area (Å²) in [4.78, 5) is 4.69. The molecular weight excluding hydrogens is 362 g/mol. The Bertz CT molecular complexity index is 1090. The van der Waals surface area contributed by atoms with Crippen LogP contribution in [0.1, 0.15) is 37.1 Å². The molecule has 1 aromatic carbocycles. The molecule has 4 rings (SSSR count). The maximum atomic E-state index is 13.3. The van der Waals surface area contributed by atoms with Crippen molar-refractivity contribution in [1.29, 1.82) is 0 Å². The predicted molar refractivity (Wildman–Crippen MR) is 105 cm³/mol. The Morgan fingerprint density at radius 1 is 1.19 bits per heavy atom. The zero-order valence-corrected chi connectivity index (χ0v) is 16.3. The van der Waals surface area contributed by atoms with Gasteiger partial charge < -0.3 is 10.3 Å². The molecule has 0 aliphatic heterocycles. The van der Waals surface area contributed by atoms with Gasteiger partial charge in [-0.15, -0.1) is 0 Å². The first-order chi connectivity index (χ1) is 12.8. The average Bonchev–Trinajstić information content (AvgIpc) is 3.22. The standard InChI is InChI=1S/C20H23N3O3S/c1-12-20(13(2)26-23-12)15-9-17-16(7-8-19(21)22-17)18(10-15)27(24,25)11-14-5-3-4-6-14/h7-10,14H,3-6,11H2,1-2H3,(H2,21,22). The summed E-state index contributed by atoms with van der Waals surface area (Å²) in [6.07, 6.45) is 4.17. The lowest BCUT2D eigenvalue weighted by Crippen LogP contribution is -2.15. The third kappa shape index (κ3) is 3.32. The number of aromatic nitrogens is 2. The lowest BCUT2D eigenvalue weighted by molar-refractivity contribution is 0.393. The lowest BCUT2D eigenvalue weighted by atomic mass is 10.0. The number of nitrogens with zero attached hydrogens (tertiary/aromatic N) is 2. The number of pyridine rings is 1. The normalized spacial score (nSPS) is 15.6. The summed E-state index contributed by atoms with van der Waals surface area (Å²) in [6, 6.07) is 6.98. The topological polar surface area (TPSA) is 99.1 Å². The van der Waals surface area contributed by atoms with E-state index >= 15 is 0 Å². The second kappa shape index (κ2) is 6.64. The maximum Gasteiger partial charge on any atom is 0.179 e. The van der Waals surface area contributed by atoms with Crippen LogP contribution in [-0.2, 0) is 9.84 Å². The maximum absolute atomic E-state index is 13.3. The monoisotopic (exact) mass is 385 g/mol. The molecule has 6 nitrogen and oxygen atoms in total. The van der Waals surface area contributed by atoms with Crippen molar-refractivity contribution >= 4 is 26.6 Å². The fraction of sp³-hybridized carbons (Fsp3) is 0.400. The van der Waals surface area contributed by atoms with E-state index in [9.17, 15) is 8.42 Å². The molecule has 1 saturated carbocycles. The Kier molecular flexibility index (Phi) is 4.42. The summed E-state index contributed by atoms with van der Waals surface area (Å²) in [5, 5.41) is 4.60. The largest absolute Gasteiger partial charge is 0.384 e. The molecule has 0 radical (unpaired) electrons. The number of fused-ring (bicyclic) bond motifs is 1. The van der Waals surface area contributed by atoms with Gasteiger partial charge in [0.1, 0.15) is 11.6 Å². The van der Waals surface area contributed by atoms with E-state index in [0.29, 0.717) is 27.4 Å². The zero-order chi connectivity index (χ0) is 19.2. The number of hydrogen-bond donors (Lipinski definition) is 1. The van der Waals surface area contributed by atoms with E-state index in [0.717, 1.165) is 42.5 Å². The number of nitrogens with two attached hydrogens (primary N) is 1. The van der Waals surface area contributed by atoms with Crippen molar-refractivity contribution in [3.05, 3.63) is 35.7 Å². The highest BCUT2D eigenvalue weighted by atomic mass is 32.2. The SMILES string of the molecule is Cc1noc(C)c1-c1cc(S(=O)(=O)CC2CCCC2)c2ccc(N)nc2c1.